The van der Waals surface area contributed by atoms with Gasteiger partial charge in [0.05, 0.1) is 5.56 Å². The van der Waals surface area contributed by atoms with E-state index in [0.717, 1.165) is 0 Å². The van der Waals surface area contributed by atoms with E-state index in [9.17, 15) is 9.90 Å². The Morgan fingerprint density at radius 1 is 1.26 bits per heavy atom. The number of halogens is 1. The van der Waals surface area contributed by atoms with Crippen LogP contribution in [-0.4, -0.2) is 16.0 Å². The fourth-order valence-electron chi connectivity index (χ4n) is 2.00. The van der Waals surface area contributed by atoms with Gasteiger partial charge in [-0.1, -0.05) is 11.6 Å². The second-order valence-corrected chi connectivity index (χ2v) is 4.59. The first kappa shape index (κ1) is 11.8. The van der Waals surface area contributed by atoms with E-state index in [1.54, 1.807) is 30.5 Å². The summed E-state index contributed by atoms with van der Waals surface area (Å²) >= 11 is 5.91. The third-order valence-electron chi connectivity index (χ3n) is 2.91. The molecule has 0 saturated carbocycles. The molecule has 0 bridgehead atoms. The van der Waals surface area contributed by atoms with E-state index in [-0.39, 0.29) is 11.7 Å². The van der Waals surface area contributed by atoms with Crippen LogP contribution >= 0.6 is 11.6 Å². The number of anilines is 1. The average Bonchev–Trinajstić information content (AvgIpc) is 2.41. The molecule has 1 aromatic carbocycles. The molecule has 0 radical (unpaired) electrons. The molecular formula is C13H10ClN3O2. The van der Waals surface area contributed by atoms with Crippen molar-refractivity contribution in [1.29, 1.82) is 0 Å². The number of fused-ring (bicyclic) bond motifs is 1. The third-order valence-corrected chi connectivity index (χ3v) is 3.14. The highest BCUT2D eigenvalue weighted by Gasteiger charge is 2.26. The van der Waals surface area contributed by atoms with Gasteiger partial charge in [0.2, 0.25) is 0 Å². The first-order valence-electron chi connectivity index (χ1n) is 5.66. The molecule has 0 spiro atoms. The molecule has 1 aliphatic rings. The van der Waals surface area contributed by atoms with Crippen molar-refractivity contribution in [2.24, 2.45) is 0 Å². The van der Waals surface area contributed by atoms with Gasteiger partial charge in [0, 0.05) is 16.8 Å². The van der Waals surface area contributed by atoms with Crippen LogP contribution in [0.2, 0.25) is 5.02 Å². The van der Waals surface area contributed by atoms with Gasteiger partial charge in [-0.05, 0) is 30.3 Å². The highest BCUT2D eigenvalue weighted by Crippen LogP contribution is 2.31. The number of benzene rings is 1. The number of aromatic nitrogens is 1. The van der Waals surface area contributed by atoms with Crippen LogP contribution in [0.15, 0.2) is 36.5 Å². The van der Waals surface area contributed by atoms with Crippen molar-refractivity contribution < 1.29 is 9.90 Å². The van der Waals surface area contributed by atoms with E-state index < -0.39 is 6.17 Å². The number of hydrogen-bond donors (Lipinski definition) is 3. The van der Waals surface area contributed by atoms with Crippen LogP contribution < -0.4 is 10.6 Å². The minimum atomic E-state index is -0.561. The van der Waals surface area contributed by atoms with Crippen molar-refractivity contribution in [3.8, 4) is 5.75 Å². The standard InChI is InChI=1S/C13H10ClN3O2/c14-7-3-4-10(18)9(6-7)12-16-11-8(13(19)17-12)2-1-5-15-11/h1-6,12,18H,(H,15,16)(H,17,19)/t12-/m0/s1. The Bertz CT molecular complexity index is 660. The van der Waals surface area contributed by atoms with Crippen LogP contribution in [-0.2, 0) is 0 Å². The maximum Gasteiger partial charge on any atom is 0.256 e. The quantitative estimate of drug-likeness (QED) is 0.746. The zero-order chi connectivity index (χ0) is 13.4. The summed E-state index contributed by atoms with van der Waals surface area (Å²) in [6, 6.07) is 8.04. The normalized spacial score (nSPS) is 17.3. The molecule has 2 heterocycles. The van der Waals surface area contributed by atoms with Crippen LogP contribution in [0.1, 0.15) is 22.1 Å². The Balaban J connectivity index is 2.01. The summed E-state index contributed by atoms with van der Waals surface area (Å²) in [5.74, 6) is 0.295. The number of phenols is 1. The molecule has 0 saturated heterocycles. The van der Waals surface area contributed by atoms with E-state index in [1.807, 2.05) is 0 Å². The number of nitrogens with zero attached hydrogens (tertiary/aromatic N) is 1. The Labute approximate surface area is 114 Å². The Hall–Kier alpha value is -2.27. The number of nitrogens with one attached hydrogen (secondary N) is 2. The molecule has 96 valence electrons. The van der Waals surface area contributed by atoms with Crippen molar-refractivity contribution in [3.05, 3.63) is 52.7 Å². The number of amides is 1. The minimum Gasteiger partial charge on any atom is -0.508 e. The van der Waals surface area contributed by atoms with E-state index in [1.165, 1.54) is 6.07 Å². The molecule has 0 aliphatic carbocycles. The predicted octanol–water partition coefficient (Wildman–Crippen LogP) is 2.29. The molecule has 6 heteroatoms. The van der Waals surface area contributed by atoms with Gasteiger partial charge in [0.15, 0.2) is 0 Å². The summed E-state index contributed by atoms with van der Waals surface area (Å²) in [7, 11) is 0. The van der Waals surface area contributed by atoms with Crippen LogP contribution in [0.25, 0.3) is 0 Å². The van der Waals surface area contributed by atoms with Crippen LogP contribution in [0.4, 0.5) is 5.82 Å². The van der Waals surface area contributed by atoms with Crippen molar-refractivity contribution in [2.75, 3.05) is 5.32 Å². The lowest BCUT2D eigenvalue weighted by molar-refractivity contribution is 0.0934. The maximum absolute atomic E-state index is 12.0. The second-order valence-electron chi connectivity index (χ2n) is 4.15. The summed E-state index contributed by atoms with van der Waals surface area (Å²) in [6.07, 6.45) is 1.04. The van der Waals surface area contributed by atoms with E-state index in [4.69, 9.17) is 11.6 Å². The van der Waals surface area contributed by atoms with Gasteiger partial charge < -0.3 is 15.7 Å². The van der Waals surface area contributed by atoms with Crippen LogP contribution in [0.5, 0.6) is 5.75 Å². The van der Waals surface area contributed by atoms with Gasteiger partial charge in [0.1, 0.15) is 17.7 Å². The number of hydrogen-bond acceptors (Lipinski definition) is 4. The zero-order valence-electron chi connectivity index (χ0n) is 9.72. The fourth-order valence-corrected chi connectivity index (χ4v) is 2.18. The lowest BCUT2D eigenvalue weighted by Gasteiger charge is -2.27. The summed E-state index contributed by atoms with van der Waals surface area (Å²) in [4.78, 5) is 16.1. The fraction of sp³-hybridized carbons (Fsp3) is 0.0769. The molecule has 2 aromatic rings. The average molecular weight is 276 g/mol. The van der Waals surface area contributed by atoms with Crippen LogP contribution in [0, 0.1) is 0 Å². The Kier molecular flexibility index (Phi) is 2.76. The molecule has 3 N–H and O–H groups in total. The van der Waals surface area contributed by atoms with E-state index in [2.05, 4.69) is 15.6 Å². The molecule has 5 nitrogen and oxygen atoms in total. The number of rotatable bonds is 1. The second kappa shape index (κ2) is 4.44. The molecular weight excluding hydrogens is 266 g/mol. The Morgan fingerprint density at radius 3 is 2.95 bits per heavy atom. The van der Waals surface area contributed by atoms with Crippen molar-refractivity contribution in [1.82, 2.24) is 10.3 Å². The number of phenolic OH excluding ortho intramolecular Hbond substituents is 1. The van der Waals surface area contributed by atoms with E-state index in [0.29, 0.717) is 22.0 Å². The van der Waals surface area contributed by atoms with Gasteiger partial charge in [-0.2, -0.15) is 0 Å². The van der Waals surface area contributed by atoms with Gasteiger partial charge in [-0.3, -0.25) is 4.79 Å². The largest absolute Gasteiger partial charge is 0.508 e. The number of pyridine rings is 1. The maximum atomic E-state index is 12.0. The van der Waals surface area contributed by atoms with Gasteiger partial charge in [0.25, 0.3) is 5.91 Å². The lowest BCUT2D eigenvalue weighted by atomic mass is 10.1. The summed E-state index contributed by atoms with van der Waals surface area (Å²) in [5.41, 5.74) is 0.970. The lowest BCUT2D eigenvalue weighted by Crippen LogP contribution is -2.38. The summed E-state index contributed by atoms with van der Waals surface area (Å²) in [5, 5.41) is 16.1. The Morgan fingerprint density at radius 2 is 2.11 bits per heavy atom. The number of carbonyl (C=O) groups excluding carboxylic acids is 1. The third kappa shape index (κ3) is 2.08. The summed E-state index contributed by atoms with van der Waals surface area (Å²) in [6.45, 7) is 0. The van der Waals surface area contributed by atoms with Crippen molar-refractivity contribution in [3.63, 3.8) is 0 Å². The summed E-state index contributed by atoms with van der Waals surface area (Å²) < 4.78 is 0. The first-order chi connectivity index (χ1) is 9.15. The molecule has 1 aromatic heterocycles. The predicted molar refractivity (Wildman–Crippen MR) is 71.2 cm³/mol. The zero-order valence-corrected chi connectivity index (χ0v) is 10.5. The molecule has 0 unspecified atom stereocenters. The smallest absolute Gasteiger partial charge is 0.256 e. The number of aromatic hydroxyl groups is 1. The van der Waals surface area contributed by atoms with Crippen LogP contribution in [0.3, 0.4) is 0 Å². The highest BCUT2D eigenvalue weighted by atomic mass is 35.5. The molecule has 1 atom stereocenters. The van der Waals surface area contributed by atoms with E-state index >= 15 is 0 Å². The van der Waals surface area contributed by atoms with Gasteiger partial charge in [-0.25, -0.2) is 4.98 Å². The molecule has 3 rings (SSSR count). The topological polar surface area (TPSA) is 74.2 Å². The minimum absolute atomic E-state index is 0.0570. The van der Waals surface area contributed by atoms with Crippen molar-refractivity contribution >= 4 is 23.3 Å². The van der Waals surface area contributed by atoms with Gasteiger partial charge >= 0.3 is 0 Å². The number of carbonyl (C=O) groups is 1. The molecule has 1 amide bonds. The first-order valence-corrected chi connectivity index (χ1v) is 6.04. The monoisotopic (exact) mass is 275 g/mol. The highest BCUT2D eigenvalue weighted by molar-refractivity contribution is 6.30. The SMILES string of the molecule is O=C1N[C@@H](c2cc(Cl)ccc2O)Nc2ncccc21. The van der Waals surface area contributed by atoms with Crippen molar-refractivity contribution in [2.45, 2.75) is 6.17 Å². The molecule has 0 fully saturated rings. The molecule has 1 aliphatic heterocycles. The molecule has 19 heavy (non-hydrogen) atoms. The van der Waals surface area contributed by atoms with Gasteiger partial charge in [-0.15, -0.1) is 0 Å².